The van der Waals surface area contributed by atoms with Crippen LogP contribution in [0.3, 0.4) is 0 Å². The minimum absolute atomic E-state index is 0.101. The number of carboxylic acid groups (broad SMARTS) is 1. The van der Waals surface area contributed by atoms with Crippen molar-refractivity contribution in [1.82, 2.24) is 4.57 Å². The second kappa shape index (κ2) is 5.81. The fourth-order valence-electron chi connectivity index (χ4n) is 2.22. The van der Waals surface area contributed by atoms with Gasteiger partial charge >= 0.3 is 5.97 Å². The van der Waals surface area contributed by atoms with E-state index in [0.29, 0.717) is 16.8 Å². The molecule has 21 heavy (non-hydrogen) atoms. The molecular formula is C15H13BrFNO3. The average Bonchev–Trinajstić information content (AvgIpc) is 2.38. The molecule has 1 aromatic heterocycles. The maximum Gasteiger partial charge on any atom is 0.341 e. The summed E-state index contributed by atoms with van der Waals surface area (Å²) in [6, 6.07) is 6.17. The van der Waals surface area contributed by atoms with Crippen molar-refractivity contribution in [1.29, 1.82) is 0 Å². The number of nitrogens with zero attached hydrogens (tertiary/aromatic N) is 1. The Balaban J connectivity index is 2.60. The van der Waals surface area contributed by atoms with Crippen LogP contribution in [0.1, 0.15) is 27.2 Å². The van der Waals surface area contributed by atoms with Gasteiger partial charge in [-0.1, -0.05) is 12.1 Å². The summed E-state index contributed by atoms with van der Waals surface area (Å²) < 4.78 is 15.1. The van der Waals surface area contributed by atoms with E-state index in [4.69, 9.17) is 5.11 Å². The van der Waals surface area contributed by atoms with Gasteiger partial charge in [0.2, 0.25) is 0 Å². The van der Waals surface area contributed by atoms with Crippen LogP contribution in [-0.4, -0.2) is 15.6 Å². The molecule has 0 spiro atoms. The number of hydrogen-bond donors (Lipinski definition) is 1. The van der Waals surface area contributed by atoms with E-state index in [1.807, 2.05) is 0 Å². The first-order valence-corrected chi connectivity index (χ1v) is 6.99. The molecule has 0 unspecified atom stereocenters. The summed E-state index contributed by atoms with van der Waals surface area (Å²) in [5, 5.41) is 9.14. The Bertz CT molecular complexity index is 783. The van der Waals surface area contributed by atoms with Gasteiger partial charge in [-0.2, -0.15) is 0 Å². The van der Waals surface area contributed by atoms with Crippen LogP contribution in [0, 0.1) is 19.7 Å². The van der Waals surface area contributed by atoms with Crippen LogP contribution < -0.4 is 5.56 Å². The number of aryl methyl sites for hydroxylation is 2. The summed E-state index contributed by atoms with van der Waals surface area (Å²) in [5.74, 6) is -1.69. The highest BCUT2D eigenvalue weighted by Crippen LogP contribution is 2.21. The van der Waals surface area contributed by atoms with Crippen molar-refractivity contribution in [2.45, 2.75) is 20.4 Å². The van der Waals surface area contributed by atoms with Crippen molar-refractivity contribution in [2.75, 3.05) is 0 Å². The molecule has 0 bridgehead atoms. The zero-order valence-corrected chi connectivity index (χ0v) is 13.1. The van der Waals surface area contributed by atoms with E-state index >= 15 is 0 Å². The molecule has 2 rings (SSSR count). The third-order valence-corrected chi connectivity index (χ3v) is 4.17. The van der Waals surface area contributed by atoms with Gasteiger partial charge in [-0.05, 0) is 53.0 Å². The van der Waals surface area contributed by atoms with E-state index < -0.39 is 17.3 Å². The Morgan fingerprint density at radius 3 is 2.67 bits per heavy atom. The van der Waals surface area contributed by atoms with Gasteiger partial charge in [-0.25, -0.2) is 9.18 Å². The molecule has 6 heteroatoms. The summed E-state index contributed by atoms with van der Waals surface area (Å²) in [4.78, 5) is 23.5. The van der Waals surface area contributed by atoms with Gasteiger partial charge in [0.25, 0.3) is 5.56 Å². The van der Waals surface area contributed by atoms with Crippen LogP contribution in [-0.2, 0) is 6.54 Å². The zero-order valence-electron chi connectivity index (χ0n) is 11.5. The van der Waals surface area contributed by atoms with E-state index in [-0.39, 0.29) is 16.6 Å². The molecule has 0 amide bonds. The highest BCUT2D eigenvalue weighted by Gasteiger charge is 2.17. The first-order valence-electron chi connectivity index (χ1n) is 6.20. The maximum atomic E-state index is 13.5. The summed E-state index contributed by atoms with van der Waals surface area (Å²) >= 11 is 3.14. The molecule has 0 saturated heterocycles. The summed E-state index contributed by atoms with van der Waals surface area (Å²) in [6.07, 6.45) is 0. The molecule has 1 heterocycles. The molecule has 0 atom stereocenters. The third kappa shape index (κ3) is 2.90. The van der Waals surface area contributed by atoms with Gasteiger partial charge in [0, 0.05) is 5.69 Å². The Morgan fingerprint density at radius 2 is 2.05 bits per heavy atom. The number of carboxylic acids is 1. The topological polar surface area (TPSA) is 59.3 Å². The first-order chi connectivity index (χ1) is 9.82. The van der Waals surface area contributed by atoms with E-state index in [2.05, 4.69) is 15.9 Å². The predicted molar refractivity (Wildman–Crippen MR) is 80.3 cm³/mol. The summed E-state index contributed by atoms with van der Waals surface area (Å²) in [7, 11) is 0. The minimum Gasteiger partial charge on any atom is -0.477 e. The smallest absolute Gasteiger partial charge is 0.341 e. The van der Waals surface area contributed by atoms with Gasteiger partial charge in [-0.15, -0.1) is 0 Å². The van der Waals surface area contributed by atoms with Gasteiger partial charge in [0.15, 0.2) is 0 Å². The molecule has 1 aromatic carbocycles. The second-order valence-electron chi connectivity index (χ2n) is 4.75. The van der Waals surface area contributed by atoms with Crippen LogP contribution in [0.5, 0.6) is 0 Å². The predicted octanol–water partition coefficient (Wildman–Crippen LogP) is 3.11. The first kappa shape index (κ1) is 15.4. The van der Waals surface area contributed by atoms with Crippen LogP contribution >= 0.6 is 15.9 Å². The number of pyridine rings is 1. The van der Waals surface area contributed by atoms with E-state index in [9.17, 15) is 14.0 Å². The van der Waals surface area contributed by atoms with Crippen molar-refractivity contribution in [3.8, 4) is 0 Å². The fraction of sp³-hybridized carbons (Fsp3) is 0.200. The molecule has 2 aromatic rings. The third-order valence-electron chi connectivity index (χ3n) is 3.28. The minimum atomic E-state index is -1.26. The standard InChI is InChI=1S/C15H13BrFNO3/c1-8-6-9(2)18(14(19)12(8)15(20)21)7-10-4-3-5-11(17)13(10)16/h3-6H,7H2,1-2H3,(H,20,21). The number of carbonyl (C=O) groups is 1. The van der Waals surface area contributed by atoms with E-state index in [1.165, 1.54) is 10.6 Å². The van der Waals surface area contributed by atoms with Gasteiger partial charge in [-0.3, -0.25) is 4.79 Å². The quantitative estimate of drug-likeness (QED) is 0.922. The van der Waals surface area contributed by atoms with Crippen molar-refractivity contribution in [3.63, 3.8) is 0 Å². The van der Waals surface area contributed by atoms with Crippen molar-refractivity contribution in [3.05, 3.63) is 67.3 Å². The second-order valence-corrected chi connectivity index (χ2v) is 5.55. The van der Waals surface area contributed by atoms with Crippen LogP contribution in [0.15, 0.2) is 33.5 Å². The maximum absolute atomic E-state index is 13.5. The lowest BCUT2D eigenvalue weighted by molar-refractivity contribution is 0.0693. The van der Waals surface area contributed by atoms with E-state index in [0.717, 1.165) is 0 Å². The lowest BCUT2D eigenvalue weighted by atomic mass is 10.1. The normalized spacial score (nSPS) is 10.7. The number of aromatic nitrogens is 1. The highest BCUT2D eigenvalue weighted by atomic mass is 79.9. The number of halogens is 2. The molecule has 0 aliphatic heterocycles. The van der Waals surface area contributed by atoms with Crippen LogP contribution in [0.25, 0.3) is 0 Å². The SMILES string of the molecule is Cc1cc(C)n(Cc2cccc(F)c2Br)c(=O)c1C(=O)O. The molecular weight excluding hydrogens is 341 g/mol. The lowest BCUT2D eigenvalue weighted by Crippen LogP contribution is -2.29. The van der Waals surface area contributed by atoms with Gasteiger partial charge in [0.05, 0.1) is 11.0 Å². The van der Waals surface area contributed by atoms with E-state index in [1.54, 1.807) is 32.0 Å². The molecule has 1 N–H and O–H groups in total. The molecule has 0 aliphatic carbocycles. The highest BCUT2D eigenvalue weighted by molar-refractivity contribution is 9.10. The fourth-order valence-corrected chi connectivity index (χ4v) is 2.61. The number of benzene rings is 1. The van der Waals surface area contributed by atoms with Crippen molar-refractivity contribution < 1.29 is 14.3 Å². The largest absolute Gasteiger partial charge is 0.477 e. The Hall–Kier alpha value is -1.95. The lowest BCUT2D eigenvalue weighted by Gasteiger charge is -2.14. The summed E-state index contributed by atoms with van der Waals surface area (Å²) in [5.41, 5.74) is 0.767. The molecule has 4 nitrogen and oxygen atoms in total. The molecule has 0 radical (unpaired) electrons. The van der Waals surface area contributed by atoms with Gasteiger partial charge in [0.1, 0.15) is 11.4 Å². The molecule has 110 valence electrons. The number of rotatable bonds is 3. The monoisotopic (exact) mass is 353 g/mol. The molecule has 0 aliphatic rings. The van der Waals surface area contributed by atoms with Crippen LogP contribution in [0.4, 0.5) is 4.39 Å². The van der Waals surface area contributed by atoms with Crippen molar-refractivity contribution >= 4 is 21.9 Å². The number of aromatic carboxylic acids is 1. The Labute approximate surface area is 129 Å². The van der Waals surface area contributed by atoms with Crippen LogP contribution in [0.2, 0.25) is 0 Å². The Morgan fingerprint density at radius 1 is 1.38 bits per heavy atom. The zero-order chi connectivity index (χ0) is 15.7. The summed E-state index contributed by atoms with van der Waals surface area (Å²) in [6.45, 7) is 3.40. The van der Waals surface area contributed by atoms with Gasteiger partial charge < -0.3 is 9.67 Å². The van der Waals surface area contributed by atoms with Crippen molar-refractivity contribution in [2.24, 2.45) is 0 Å². The molecule has 0 saturated carbocycles. The Kier molecular flexibility index (Phi) is 4.27. The number of hydrogen-bond acceptors (Lipinski definition) is 2. The average molecular weight is 354 g/mol. The molecule has 0 fully saturated rings.